The molecule has 4 nitrogen and oxygen atoms in total. The number of hydrogen-bond acceptors (Lipinski definition) is 3. The van der Waals surface area contributed by atoms with E-state index in [2.05, 4.69) is 5.32 Å². The minimum absolute atomic E-state index is 0.0586. The molecule has 1 aromatic rings. The third kappa shape index (κ3) is 3.17. The van der Waals surface area contributed by atoms with Gasteiger partial charge in [-0.3, -0.25) is 10.2 Å². The first-order valence-electron chi connectivity index (χ1n) is 5.15. The van der Waals surface area contributed by atoms with Crippen molar-refractivity contribution >= 4 is 11.6 Å². The number of carbonyl (C=O) groups excluding carboxylic acids is 1. The molecule has 0 aliphatic heterocycles. The van der Waals surface area contributed by atoms with Crippen LogP contribution in [0.1, 0.15) is 18.1 Å². The standard InChI is InChI=1S/C12H17N3O/c1-8(16)11(15-2)7-9-3-5-10(6-4-9)12(13)14/h3-6,11,15H,7H2,1-2H3,(H3,13,14). The van der Waals surface area contributed by atoms with E-state index in [4.69, 9.17) is 11.1 Å². The molecule has 0 heterocycles. The van der Waals surface area contributed by atoms with Crippen molar-refractivity contribution in [2.45, 2.75) is 19.4 Å². The van der Waals surface area contributed by atoms with E-state index in [0.717, 1.165) is 5.56 Å². The maximum Gasteiger partial charge on any atom is 0.147 e. The number of rotatable bonds is 5. The van der Waals surface area contributed by atoms with Crippen LogP contribution >= 0.6 is 0 Å². The average Bonchev–Trinajstić information content (AvgIpc) is 2.26. The van der Waals surface area contributed by atoms with Gasteiger partial charge in [0.1, 0.15) is 11.6 Å². The van der Waals surface area contributed by atoms with Crippen LogP contribution in [0.2, 0.25) is 0 Å². The molecule has 4 heteroatoms. The van der Waals surface area contributed by atoms with Gasteiger partial charge in [-0.15, -0.1) is 0 Å². The van der Waals surface area contributed by atoms with Gasteiger partial charge in [0.15, 0.2) is 0 Å². The van der Waals surface area contributed by atoms with Crippen LogP contribution in [0.15, 0.2) is 24.3 Å². The Bertz CT molecular complexity index is 384. The third-order valence-electron chi connectivity index (χ3n) is 2.54. The molecule has 1 aromatic carbocycles. The lowest BCUT2D eigenvalue weighted by atomic mass is 10.0. The van der Waals surface area contributed by atoms with Gasteiger partial charge in [0.05, 0.1) is 6.04 Å². The summed E-state index contributed by atoms with van der Waals surface area (Å²) >= 11 is 0. The molecule has 86 valence electrons. The number of hydrogen-bond donors (Lipinski definition) is 3. The predicted octanol–water partition coefficient (Wildman–Crippen LogP) is 0.690. The first kappa shape index (κ1) is 12.4. The second-order valence-corrected chi connectivity index (χ2v) is 3.77. The van der Waals surface area contributed by atoms with Crippen molar-refractivity contribution < 1.29 is 4.79 Å². The van der Waals surface area contributed by atoms with Crippen LogP contribution in [0.25, 0.3) is 0 Å². The van der Waals surface area contributed by atoms with E-state index in [-0.39, 0.29) is 17.7 Å². The fourth-order valence-corrected chi connectivity index (χ4v) is 1.51. The van der Waals surface area contributed by atoms with Crippen LogP contribution < -0.4 is 11.1 Å². The summed E-state index contributed by atoms with van der Waals surface area (Å²) in [6, 6.07) is 7.23. The van der Waals surface area contributed by atoms with Crippen molar-refractivity contribution in [2.24, 2.45) is 5.73 Å². The van der Waals surface area contributed by atoms with Crippen molar-refractivity contribution in [2.75, 3.05) is 7.05 Å². The van der Waals surface area contributed by atoms with Gasteiger partial charge in [-0.1, -0.05) is 24.3 Å². The Labute approximate surface area is 95.4 Å². The number of ketones is 1. The highest BCUT2D eigenvalue weighted by atomic mass is 16.1. The number of likely N-dealkylation sites (N-methyl/N-ethyl adjacent to an activating group) is 1. The maximum absolute atomic E-state index is 11.2. The fraction of sp³-hybridized carbons (Fsp3) is 0.333. The molecule has 0 radical (unpaired) electrons. The zero-order valence-electron chi connectivity index (χ0n) is 9.58. The van der Waals surface area contributed by atoms with Gasteiger partial charge in [0, 0.05) is 5.56 Å². The van der Waals surface area contributed by atoms with Crippen LogP contribution in [0.4, 0.5) is 0 Å². The van der Waals surface area contributed by atoms with Crippen LogP contribution in [-0.2, 0) is 11.2 Å². The Kier molecular flexibility index (Phi) is 4.19. The van der Waals surface area contributed by atoms with E-state index in [0.29, 0.717) is 12.0 Å². The molecule has 0 amide bonds. The second-order valence-electron chi connectivity index (χ2n) is 3.77. The molecule has 0 aliphatic rings. The van der Waals surface area contributed by atoms with E-state index < -0.39 is 0 Å². The van der Waals surface area contributed by atoms with Gasteiger partial charge in [-0.25, -0.2) is 0 Å². The molecule has 0 aromatic heterocycles. The predicted molar refractivity (Wildman–Crippen MR) is 64.7 cm³/mol. The average molecular weight is 219 g/mol. The van der Waals surface area contributed by atoms with Crippen LogP contribution in [0, 0.1) is 5.41 Å². The lowest BCUT2D eigenvalue weighted by Gasteiger charge is -2.12. The zero-order chi connectivity index (χ0) is 12.1. The minimum Gasteiger partial charge on any atom is -0.384 e. The molecular weight excluding hydrogens is 202 g/mol. The van der Waals surface area contributed by atoms with Crippen molar-refractivity contribution in [3.63, 3.8) is 0 Å². The van der Waals surface area contributed by atoms with E-state index in [1.54, 1.807) is 26.1 Å². The largest absolute Gasteiger partial charge is 0.384 e. The number of Topliss-reactive ketones (excluding diaryl/α,β-unsaturated/α-hetero) is 1. The Morgan fingerprint density at radius 1 is 1.44 bits per heavy atom. The summed E-state index contributed by atoms with van der Waals surface area (Å²) in [5, 5.41) is 10.2. The topological polar surface area (TPSA) is 79.0 Å². The Hall–Kier alpha value is -1.68. The summed E-state index contributed by atoms with van der Waals surface area (Å²) in [7, 11) is 1.77. The van der Waals surface area contributed by atoms with Crippen LogP contribution in [0.3, 0.4) is 0 Å². The first-order chi connectivity index (χ1) is 7.54. The molecule has 0 saturated carbocycles. The van der Waals surface area contributed by atoms with Crippen LogP contribution in [-0.4, -0.2) is 24.7 Å². The van der Waals surface area contributed by atoms with Crippen molar-refractivity contribution in [1.82, 2.24) is 5.32 Å². The summed E-state index contributed by atoms with van der Waals surface area (Å²) in [5.41, 5.74) is 7.11. The molecule has 1 rings (SSSR count). The van der Waals surface area contributed by atoms with Gasteiger partial charge in [0.2, 0.25) is 0 Å². The van der Waals surface area contributed by atoms with Crippen LogP contribution in [0.5, 0.6) is 0 Å². The molecule has 4 N–H and O–H groups in total. The van der Waals surface area contributed by atoms with E-state index in [1.807, 2.05) is 12.1 Å². The number of nitrogens with one attached hydrogen (secondary N) is 2. The molecule has 0 saturated heterocycles. The molecule has 0 bridgehead atoms. The Morgan fingerprint density at radius 3 is 2.38 bits per heavy atom. The van der Waals surface area contributed by atoms with Crippen molar-refractivity contribution in [3.05, 3.63) is 35.4 Å². The molecule has 1 atom stereocenters. The normalized spacial score (nSPS) is 12.1. The highest BCUT2D eigenvalue weighted by Gasteiger charge is 2.11. The summed E-state index contributed by atoms with van der Waals surface area (Å²) in [6.45, 7) is 1.57. The number of benzene rings is 1. The number of nitrogens with two attached hydrogens (primary N) is 1. The van der Waals surface area contributed by atoms with Gasteiger partial charge in [-0.2, -0.15) is 0 Å². The molecule has 1 unspecified atom stereocenters. The SMILES string of the molecule is CNC(Cc1ccc(C(=N)N)cc1)C(C)=O. The summed E-state index contributed by atoms with van der Waals surface area (Å²) in [5.74, 6) is 0.182. The number of nitrogen functional groups attached to an aromatic ring is 1. The Balaban J connectivity index is 2.75. The first-order valence-corrected chi connectivity index (χ1v) is 5.15. The number of amidine groups is 1. The van der Waals surface area contributed by atoms with Crippen molar-refractivity contribution in [1.29, 1.82) is 5.41 Å². The van der Waals surface area contributed by atoms with Crippen molar-refractivity contribution in [3.8, 4) is 0 Å². The summed E-state index contributed by atoms with van der Waals surface area (Å²) in [4.78, 5) is 11.2. The van der Waals surface area contributed by atoms with Gasteiger partial charge < -0.3 is 11.1 Å². The molecule has 0 spiro atoms. The molecule has 16 heavy (non-hydrogen) atoms. The molecule has 0 fully saturated rings. The monoisotopic (exact) mass is 219 g/mol. The van der Waals surface area contributed by atoms with Gasteiger partial charge in [0.25, 0.3) is 0 Å². The summed E-state index contributed by atoms with van der Waals surface area (Å²) < 4.78 is 0. The van der Waals surface area contributed by atoms with E-state index in [1.165, 1.54) is 0 Å². The Morgan fingerprint density at radius 2 is 2.00 bits per heavy atom. The smallest absolute Gasteiger partial charge is 0.147 e. The lowest BCUT2D eigenvalue weighted by Crippen LogP contribution is -2.34. The number of carbonyl (C=O) groups is 1. The fourth-order valence-electron chi connectivity index (χ4n) is 1.51. The van der Waals surface area contributed by atoms with Gasteiger partial charge in [-0.05, 0) is 26.0 Å². The quantitative estimate of drug-likeness (QED) is 0.503. The minimum atomic E-state index is -0.150. The molecular formula is C12H17N3O. The third-order valence-corrected chi connectivity index (χ3v) is 2.54. The highest BCUT2D eigenvalue weighted by Crippen LogP contribution is 2.07. The van der Waals surface area contributed by atoms with E-state index >= 15 is 0 Å². The maximum atomic E-state index is 11.2. The summed E-state index contributed by atoms with van der Waals surface area (Å²) in [6.07, 6.45) is 0.657. The van der Waals surface area contributed by atoms with E-state index in [9.17, 15) is 4.79 Å². The molecule has 0 aliphatic carbocycles. The zero-order valence-corrected chi connectivity index (χ0v) is 9.58. The lowest BCUT2D eigenvalue weighted by molar-refractivity contribution is -0.118. The van der Waals surface area contributed by atoms with Gasteiger partial charge >= 0.3 is 0 Å². The highest BCUT2D eigenvalue weighted by molar-refractivity contribution is 5.94. The second kappa shape index (κ2) is 5.42.